The molecule has 2 aromatic heterocycles. The first-order chi connectivity index (χ1) is 11.6. The van der Waals surface area contributed by atoms with Crippen LogP contribution in [0.15, 0.2) is 41.0 Å². The number of benzene rings is 1. The summed E-state index contributed by atoms with van der Waals surface area (Å²) in [7, 11) is 0. The lowest BCUT2D eigenvalue weighted by Gasteiger charge is -2.08. The lowest BCUT2D eigenvalue weighted by molar-refractivity contribution is 0.0527. The molecular weight excluding hydrogens is 324 g/mol. The van der Waals surface area contributed by atoms with Crippen LogP contribution in [-0.2, 0) is 4.74 Å². The van der Waals surface area contributed by atoms with Gasteiger partial charge in [0.05, 0.1) is 23.1 Å². The van der Waals surface area contributed by atoms with Crippen molar-refractivity contribution in [3.05, 3.63) is 46.7 Å². The maximum atomic E-state index is 12.3. The second-order valence-electron chi connectivity index (χ2n) is 5.17. The highest BCUT2D eigenvalue weighted by atomic mass is 32.1. The largest absolute Gasteiger partial charge is 0.462 e. The topological polar surface area (TPSA) is 76.8 Å². The lowest BCUT2D eigenvalue weighted by Crippen LogP contribution is -2.05. The van der Waals surface area contributed by atoms with E-state index in [2.05, 4.69) is 26.3 Å². The van der Waals surface area contributed by atoms with Gasteiger partial charge in [-0.3, -0.25) is 4.98 Å². The van der Waals surface area contributed by atoms with Gasteiger partial charge in [-0.1, -0.05) is 0 Å². The molecule has 0 aliphatic carbocycles. The van der Waals surface area contributed by atoms with E-state index in [1.54, 1.807) is 36.7 Å². The molecule has 0 amide bonds. The lowest BCUT2D eigenvalue weighted by atomic mass is 10.1. The Morgan fingerprint density at radius 1 is 1.25 bits per heavy atom. The van der Waals surface area contributed by atoms with Crippen LogP contribution in [0.4, 0.5) is 11.5 Å². The zero-order valence-electron chi connectivity index (χ0n) is 13.6. The van der Waals surface area contributed by atoms with Crippen molar-refractivity contribution in [3.63, 3.8) is 0 Å². The molecule has 0 fully saturated rings. The van der Waals surface area contributed by atoms with Gasteiger partial charge in [-0.2, -0.15) is 0 Å². The maximum Gasteiger partial charge on any atom is 0.340 e. The van der Waals surface area contributed by atoms with Crippen LogP contribution in [0.25, 0.3) is 10.1 Å². The smallest absolute Gasteiger partial charge is 0.340 e. The number of ether oxygens (including phenoxy) is 1. The molecule has 122 valence electrons. The van der Waals surface area contributed by atoms with E-state index < -0.39 is 5.97 Å². The number of hydrogen-bond acceptors (Lipinski definition) is 7. The minimum absolute atomic E-state index is 0.306. The summed E-state index contributed by atoms with van der Waals surface area (Å²) in [5, 5.41) is 9.48. The number of carbonyl (C=O) groups is 1. The molecule has 0 saturated carbocycles. The second-order valence-corrected chi connectivity index (χ2v) is 6.43. The number of carbonyl (C=O) groups excluding carboxylic acids is 1. The Hall–Kier alpha value is -2.67. The fourth-order valence-corrected chi connectivity index (χ4v) is 3.45. The molecule has 0 atom stereocenters. The van der Waals surface area contributed by atoms with E-state index in [4.69, 9.17) is 4.74 Å². The Balaban J connectivity index is 2.18. The molecule has 24 heavy (non-hydrogen) atoms. The van der Waals surface area contributed by atoms with Gasteiger partial charge < -0.3 is 4.74 Å². The number of nitrogens with zero attached hydrogens (tertiary/aromatic N) is 4. The number of aryl methyl sites for hydroxylation is 2. The number of esters is 1. The van der Waals surface area contributed by atoms with Gasteiger partial charge in [0, 0.05) is 17.3 Å². The van der Waals surface area contributed by atoms with Crippen LogP contribution >= 0.6 is 11.3 Å². The summed E-state index contributed by atoms with van der Waals surface area (Å²) in [6.07, 6.45) is 4.62. The first-order valence-corrected chi connectivity index (χ1v) is 8.30. The van der Waals surface area contributed by atoms with Gasteiger partial charge >= 0.3 is 5.97 Å². The van der Waals surface area contributed by atoms with E-state index >= 15 is 0 Å². The number of rotatable bonds is 4. The van der Waals surface area contributed by atoms with Crippen LogP contribution in [0.5, 0.6) is 0 Å². The molecule has 0 unspecified atom stereocenters. The molecule has 1 aromatic carbocycles. The summed E-state index contributed by atoms with van der Waals surface area (Å²) in [4.78, 5) is 21.5. The standard InChI is InChI=1S/C17H16N4O2S/c1-4-23-17(22)13-7-10(2)12-8-11(3)24-16(12)15(13)21-20-14-9-18-5-6-19-14/h5-9H,4H2,1-3H3/b21-20+. The van der Waals surface area contributed by atoms with Gasteiger partial charge in [0.1, 0.15) is 5.69 Å². The summed E-state index contributed by atoms with van der Waals surface area (Å²) in [5.41, 5.74) is 1.94. The van der Waals surface area contributed by atoms with Gasteiger partial charge in [0.2, 0.25) is 0 Å². The average molecular weight is 340 g/mol. The molecule has 0 radical (unpaired) electrons. The Morgan fingerprint density at radius 2 is 2.08 bits per heavy atom. The molecule has 0 N–H and O–H groups in total. The quantitative estimate of drug-likeness (QED) is 0.500. The normalized spacial score (nSPS) is 11.3. The highest BCUT2D eigenvalue weighted by Gasteiger charge is 2.19. The van der Waals surface area contributed by atoms with Crippen molar-refractivity contribution < 1.29 is 9.53 Å². The van der Waals surface area contributed by atoms with Crippen molar-refractivity contribution in [1.29, 1.82) is 0 Å². The summed E-state index contributed by atoms with van der Waals surface area (Å²) < 4.78 is 6.09. The first-order valence-electron chi connectivity index (χ1n) is 7.48. The molecule has 0 bridgehead atoms. The molecule has 2 heterocycles. The van der Waals surface area contributed by atoms with Crippen LogP contribution in [0.2, 0.25) is 0 Å². The molecule has 0 spiro atoms. The van der Waals surface area contributed by atoms with Crippen LogP contribution < -0.4 is 0 Å². The Morgan fingerprint density at radius 3 is 2.79 bits per heavy atom. The Labute approximate surface area is 143 Å². The summed E-state index contributed by atoms with van der Waals surface area (Å²) in [6, 6.07) is 3.89. The molecule has 7 heteroatoms. The minimum Gasteiger partial charge on any atom is -0.462 e. The third-order valence-electron chi connectivity index (χ3n) is 3.41. The highest BCUT2D eigenvalue weighted by Crippen LogP contribution is 2.39. The predicted molar refractivity (Wildman–Crippen MR) is 93.5 cm³/mol. The average Bonchev–Trinajstić information content (AvgIpc) is 2.97. The van der Waals surface area contributed by atoms with Crippen LogP contribution in [0, 0.1) is 13.8 Å². The van der Waals surface area contributed by atoms with Gasteiger partial charge in [0.15, 0.2) is 5.82 Å². The third kappa shape index (κ3) is 3.16. The van der Waals surface area contributed by atoms with Crippen molar-refractivity contribution >= 4 is 38.9 Å². The number of azo groups is 1. The SMILES string of the molecule is CCOC(=O)c1cc(C)c2cc(C)sc2c1/N=N/c1cnccn1. The third-order valence-corrected chi connectivity index (χ3v) is 4.47. The number of hydrogen-bond donors (Lipinski definition) is 0. The Kier molecular flexibility index (Phi) is 4.61. The van der Waals surface area contributed by atoms with Gasteiger partial charge in [-0.25, -0.2) is 9.78 Å². The van der Waals surface area contributed by atoms with Crippen LogP contribution in [0.1, 0.15) is 27.7 Å². The maximum absolute atomic E-state index is 12.3. The van der Waals surface area contributed by atoms with Crippen LogP contribution in [-0.4, -0.2) is 22.5 Å². The fourth-order valence-electron chi connectivity index (χ4n) is 2.38. The van der Waals surface area contributed by atoms with Gasteiger partial charge in [-0.05, 0) is 43.9 Å². The van der Waals surface area contributed by atoms with Crippen molar-refractivity contribution in [1.82, 2.24) is 9.97 Å². The summed E-state index contributed by atoms with van der Waals surface area (Å²) >= 11 is 1.58. The number of aromatic nitrogens is 2. The number of fused-ring (bicyclic) bond motifs is 1. The zero-order chi connectivity index (χ0) is 17.1. The second kappa shape index (κ2) is 6.84. The molecule has 6 nitrogen and oxygen atoms in total. The molecular formula is C17H16N4O2S. The molecule has 0 saturated heterocycles. The highest BCUT2D eigenvalue weighted by molar-refractivity contribution is 7.19. The Bertz CT molecular complexity index is 919. The van der Waals surface area contributed by atoms with E-state index in [0.717, 1.165) is 20.5 Å². The molecule has 3 rings (SSSR count). The van der Waals surface area contributed by atoms with Crippen molar-refractivity contribution in [2.75, 3.05) is 6.61 Å². The molecule has 0 aliphatic heterocycles. The van der Waals surface area contributed by atoms with Crippen molar-refractivity contribution in [3.8, 4) is 0 Å². The van der Waals surface area contributed by atoms with Crippen LogP contribution in [0.3, 0.4) is 0 Å². The van der Waals surface area contributed by atoms with E-state index in [0.29, 0.717) is 23.7 Å². The van der Waals surface area contributed by atoms with E-state index in [1.807, 2.05) is 13.8 Å². The molecule has 0 aliphatic rings. The fraction of sp³-hybridized carbons (Fsp3) is 0.235. The first kappa shape index (κ1) is 16.2. The van der Waals surface area contributed by atoms with Gasteiger partial charge in [-0.15, -0.1) is 21.6 Å². The summed E-state index contributed by atoms with van der Waals surface area (Å²) in [5.74, 6) is -0.0176. The van der Waals surface area contributed by atoms with Crippen molar-refractivity contribution in [2.24, 2.45) is 10.2 Å². The monoisotopic (exact) mass is 340 g/mol. The minimum atomic E-state index is -0.401. The van der Waals surface area contributed by atoms with Crippen molar-refractivity contribution in [2.45, 2.75) is 20.8 Å². The predicted octanol–water partition coefficient (Wildman–Crippen LogP) is 4.90. The van der Waals surface area contributed by atoms with Gasteiger partial charge in [0.25, 0.3) is 0 Å². The van der Waals surface area contributed by atoms with E-state index in [9.17, 15) is 4.79 Å². The van der Waals surface area contributed by atoms with E-state index in [1.165, 1.54) is 6.20 Å². The zero-order valence-corrected chi connectivity index (χ0v) is 14.4. The number of thiophene rings is 1. The molecule has 3 aromatic rings. The summed E-state index contributed by atoms with van der Waals surface area (Å²) in [6.45, 7) is 6.08. The van der Waals surface area contributed by atoms with E-state index in [-0.39, 0.29) is 0 Å².